The molecule has 11 heteroatoms. The van der Waals surface area contributed by atoms with Crippen molar-refractivity contribution >= 4 is 31.0 Å². The normalized spacial score (nSPS) is 16.6. The van der Waals surface area contributed by atoms with Gasteiger partial charge in [0.1, 0.15) is 12.3 Å². The fraction of sp³-hybridized carbons (Fsp3) is 0.760. The quantitative estimate of drug-likeness (QED) is 0.232. The number of carbonyl (C=O) groups excluding carboxylic acids is 4. The van der Waals surface area contributed by atoms with E-state index < -0.39 is 43.3 Å². The molecule has 2 unspecified atom stereocenters. The Morgan fingerprint density at radius 2 is 1.42 bits per heavy atom. The monoisotopic (exact) mass is 530 g/mol. The van der Waals surface area contributed by atoms with Gasteiger partial charge in [0, 0.05) is 31.3 Å². The summed E-state index contributed by atoms with van der Waals surface area (Å²) in [5.41, 5.74) is 0. The summed E-state index contributed by atoms with van der Waals surface area (Å²) in [5, 5.41) is 5.21. The average Bonchev–Trinajstić information content (AvgIpc) is 3.10. The molecule has 3 atom stereocenters. The molecule has 0 bridgehead atoms. The molecule has 0 saturated carbocycles. The SMILES string of the molecule is CCN(CC)CC.CNC(=O)[C@H](CC(C)C)NC(=O)C(CC(C)C)CP(=O)(O)CN1C(=O)C=CC1=O. The molecule has 0 aromatic rings. The maximum atomic E-state index is 12.9. The predicted octanol–water partition coefficient (Wildman–Crippen LogP) is 2.43. The number of hydrogen-bond acceptors (Lipinski definition) is 6. The van der Waals surface area contributed by atoms with E-state index in [4.69, 9.17) is 0 Å². The van der Waals surface area contributed by atoms with E-state index in [0.717, 1.165) is 12.2 Å². The van der Waals surface area contributed by atoms with E-state index in [1.165, 1.54) is 26.7 Å². The first kappa shape index (κ1) is 34.0. The maximum absolute atomic E-state index is 12.9. The average molecular weight is 531 g/mol. The van der Waals surface area contributed by atoms with E-state index >= 15 is 0 Å². The van der Waals surface area contributed by atoms with Crippen LogP contribution in [-0.4, -0.2) is 83.5 Å². The molecule has 0 spiro atoms. The Morgan fingerprint density at radius 1 is 0.944 bits per heavy atom. The lowest BCUT2D eigenvalue weighted by molar-refractivity contribution is -0.135. The highest BCUT2D eigenvalue weighted by Gasteiger charge is 2.36. The van der Waals surface area contributed by atoms with E-state index in [9.17, 15) is 28.6 Å². The lowest BCUT2D eigenvalue weighted by Crippen LogP contribution is -2.49. The zero-order valence-electron chi connectivity index (χ0n) is 23.2. The van der Waals surface area contributed by atoms with Crippen LogP contribution in [0.3, 0.4) is 0 Å². The summed E-state index contributed by atoms with van der Waals surface area (Å²) in [6.45, 7) is 17.7. The molecule has 0 aliphatic carbocycles. The van der Waals surface area contributed by atoms with Gasteiger partial charge in [0.15, 0.2) is 0 Å². The van der Waals surface area contributed by atoms with Crippen molar-refractivity contribution < 1.29 is 28.6 Å². The van der Waals surface area contributed by atoms with Crippen molar-refractivity contribution in [3.8, 4) is 0 Å². The van der Waals surface area contributed by atoms with E-state index in [0.29, 0.717) is 17.7 Å². The summed E-state index contributed by atoms with van der Waals surface area (Å²) in [7, 11) is -2.52. The van der Waals surface area contributed by atoms with Crippen molar-refractivity contribution in [2.75, 3.05) is 39.1 Å². The molecule has 0 radical (unpaired) electrons. The third-order valence-electron chi connectivity index (χ3n) is 5.82. The van der Waals surface area contributed by atoms with Crippen LogP contribution in [0.2, 0.25) is 0 Å². The van der Waals surface area contributed by atoms with Crippen molar-refractivity contribution in [2.45, 2.75) is 67.3 Å². The Morgan fingerprint density at radius 3 is 1.78 bits per heavy atom. The molecular weight excluding hydrogens is 483 g/mol. The molecule has 0 saturated heterocycles. The van der Waals surface area contributed by atoms with Gasteiger partial charge in [0.25, 0.3) is 11.8 Å². The molecule has 208 valence electrons. The van der Waals surface area contributed by atoms with Crippen LogP contribution in [0, 0.1) is 17.8 Å². The lowest BCUT2D eigenvalue weighted by atomic mass is 9.96. The highest BCUT2D eigenvalue weighted by atomic mass is 31.2. The molecule has 1 rings (SSSR count). The smallest absolute Gasteiger partial charge is 0.254 e. The molecule has 4 amide bonds. The minimum Gasteiger partial charge on any atom is -0.357 e. The Hall–Kier alpha value is -2.03. The van der Waals surface area contributed by atoms with Crippen molar-refractivity contribution in [3.63, 3.8) is 0 Å². The topological polar surface area (TPSA) is 136 Å². The van der Waals surface area contributed by atoms with Gasteiger partial charge in [0.05, 0.1) is 0 Å². The number of carbonyl (C=O) groups is 4. The van der Waals surface area contributed by atoms with Gasteiger partial charge in [-0.05, 0) is 44.3 Å². The van der Waals surface area contributed by atoms with E-state index in [2.05, 4.69) is 36.3 Å². The Bertz CT molecular complexity index is 787. The molecule has 1 aliphatic rings. The standard InChI is InChI=1S/C19H32N3O6P.C6H15N/c1-12(2)8-14(18(25)21-15(9-13(3)4)19(26)20-5)10-29(27,28)11-22-16(23)6-7-17(22)24;1-4-7(5-2)6-3/h6-7,12-15H,8-11H2,1-5H3,(H,20,26)(H,21,25)(H,27,28);4-6H2,1-3H3/t14?,15-;/m0./s1. The van der Waals surface area contributed by atoms with Crippen LogP contribution in [0.15, 0.2) is 12.2 Å². The second kappa shape index (κ2) is 16.7. The predicted molar refractivity (Wildman–Crippen MR) is 142 cm³/mol. The van der Waals surface area contributed by atoms with Gasteiger partial charge in [-0.1, -0.05) is 48.5 Å². The number of nitrogens with one attached hydrogen (secondary N) is 2. The Kier molecular flexibility index (Phi) is 15.7. The molecule has 0 aromatic carbocycles. The van der Waals surface area contributed by atoms with Gasteiger partial charge < -0.3 is 20.4 Å². The molecule has 1 aliphatic heterocycles. The summed E-state index contributed by atoms with van der Waals surface area (Å²) in [5.74, 6) is -2.72. The molecule has 36 heavy (non-hydrogen) atoms. The Balaban J connectivity index is 0.00000152. The number of nitrogens with zero attached hydrogens (tertiary/aromatic N) is 2. The molecule has 0 aromatic heterocycles. The number of rotatable bonds is 14. The van der Waals surface area contributed by atoms with Crippen LogP contribution in [0.4, 0.5) is 0 Å². The van der Waals surface area contributed by atoms with Crippen LogP contribution in [-0.2, 0) is 23.7 Å². The van der Waals surface area contributed by atoms with Crippen molar-refractivity contribution in [3.05, 3.63) is 12.2 Å². The third-order valence-corrected chi connectivity index (χ3v) is 7.56. The molecule has 10 nitrogen and oxygen atoms in total. The molecular formula is C25H47N4O6P. The second-order valence-electron chi connectivity index (χ2n) is 9.86. The van der Waals surface area contributed by atoms with Gasteiger partial charge in [-0.3, -0.25) is 28.6 Å². The number of imide groups is 1. The number of hydrogen-bond donors (Lipinski definition) is 3. The van der Waals surface area contributed by atoms with E-state index in [1.54, 1.807) is 0 Å². The van der Waals surface area contributed by atoms with Crippen molar-refractivity contribution in [1.82, 2.24) is 20.4 Å². The molecule has 1 heterocycles. The Labute approximate surface area is 216 Å². The summed E-state index contributed by atoms with van der Waals surface area (Å²) < 4.78 is 12.7. The third kappa shape index (κ3) is 12.8. The first-order valence-corrected chi connectivity index (χ1v) is 14.8. The molecule has 0 fully saturated rings. The van der Waals surface area contributed by atoms with E-state index in [-0.39, 0.29) is 23.9 Å². The minimum atomic E-state index is -4.00. The van der Waals surface area contributed by atoms with Gasteiger partial charge in [-0.15, -0.1) is 0 Å². The van der Waals surface area contributed by atoms with Crippen molar-refractivity contribution in [2.24, 2.45) is 17.8 Å². The first-order valence-electron chi connectivity index (χ1n) is 12.8. The van der Waals surface area contributed by atoms with E-state index in [1.807, 2.05) is 27.7 Å². The number of likely N-dealkylation sites (N-methyl/N-ethyl adjacent to an activating group) is 1. The fourth-order valence-corrected chi connectivity index (χ4v) is 5.70. The summed E-state index contributed by atoms with van der Waals surface area (Å²) in [4.78, 5) is 61.8. The van der Waals surface area contributed by atoms with Crippen LogP contribution in [0.5, 0.6) is 0 Å². The largest absolute Gasteiger partial charge is 0.357 e. The maximum Gasteiger partial charge on any atom is 0.254 e. The highest BCUT2D eigenvalue weighted by molar-refractivity contribution is 7.58. The molecule has 3 N–H and O–H groups in total. The van der Waals surface area contributed by atoms with Crippen molar-refractivity contribution in [1.29, 1.82) is 0 Å². The van der Waals surface area contributed by atoms with Crippen LogP contribution < -0.4 is 10.6 Å². The van der Waals surface area contributed by atoms with Gasteiger partial charge in [0.2, 0.25) is 19.2 Å². The van der Waals surface area contributed by atoms with Crippen LogP contribution in [0.1, 0.15) is 61.3 Å². The first-order chi connectivity index (χ1) is 16.7. The second-order valence-corrected chi connectivity index (χ2v) is 12.2. The van der Waals surface area contributed by atoms with Gasteiger partial charge >= 0.3 is 0 Å². The fourth-order valence-electron chi connectivity index (χ4n) is 3.86. The number of amides is 4. The summed E-state index contributed by atoms with van der Waals surface area (Å²) >= 11 is 0. The lowest BCUT2D eigenvalue weighted by Gasteiger charge is -2.26. The zero-order valence-corrected chi connectivity index (χ0v) is 24.1. The van der Waals surface area contributed by atoms with Crippen LogP contribution in [0.25, 0.3) is 0 Å². The van der Waals surface area contributed by atoms with Gasteiger partial charge in [-0.25, -0.2) is 0 Å². The zero-order chi connectivity index (χ0) is 28.1. The van der Waals surface area contributed by atoms with Gasteiger partial charge in [-0.2, -0.15) is 0 Å². The highest BCUT2D eigenvalue weighted by Crippen LogP contribution is 2.44. The summed E-state index contributed by atoms with van der Waals surface area (Å²) in [6.07, 6.45) is 1.83. The minimum absolute atomic E-state index is 0.0611. The summed E-state index contributed by atoms with van der Waals surface area (Å²) in [6, 6.07) is -0.744. The van der Waals surface area contributed by atoms with Crippen LogP contribution >= 0.6 is 7.37 Å².